The number of piperidine rings is 1. The summed E-state index contributed by atoms with van der Waals surface area (Å²) in [5.74, 6) is 0.227. The van der Waals surface area contributed by atoms with Crippen LogP contribution < -0.4 is 0 Å². The number of nitrogens with zero attached hydrogens (tertiary/aromatic N) is 1. The van der Waals surface area contributed by atoms with Gasteiger partial charge in [0.25, 0.3) is 0 Å². The Morgan fingerprint density at radius 2 is 2.04 bits per heavy atom. The summed E-state index contributed by atoms with van der Waals surface area (Å²) in [6, 6.07) is 5.60. The number of hydrogen-bond donors (Lipinski definition) is 2. The molecule has 1 aromatic rings. The molecule has 0 saturated carbocycles. The van der Waals surface area contributed by atoms with Crippen LogP contribution in [0.2, 0.25) is 0 Å². The minimum absolute atomic E-state index is 0.0141. The smallest absolute Gasteiger partial charge is 0.210 e. The fourth-order valence-corrected chi connectivity index (χ4v) is 3.78. The van der Waals surface area contributed by atoms with Crippen LogP contribution in [0.15, 0.2) is 18.2 Å². The lowest BCUT2D eigenvalue weighted by Crippen LogP contribution is -2.37. The highest BCUT2D eigenvalue weighted by molar-refractivity contribution is 5.51. The number of rotatable bonds is 8. The van der Waals surface area contributed by atoms with Crippen molar-refractivity contribution in [1.82, 2.24) is 4.90 Å². The number of carbonyl (C=O) groups excluding carboxylic acids is 1. The predicted molar refractivity (Wildman–Crippen MR) is 101 cm³/mol. The molecule has 2 rings (SSSR count). The van der Waals surface area contributed by atoms with Crippen molar-refractivity contribution in [1.29, 1.82) is 0 Å². The SMILES string of the molecule is CCCCCCC(C)(C)c1ccc([C@@H]2C[C@H](O)CCN2C=O)c(O)c1. The van der Waals surface area contributed by atoms with E-state index in [9.17, 15) is 15.0 Å². The van der Waals surface area contributed by atoms with Gasteiger partial charge < -0.3 is 15.1 Å². The molecule has 2 N–H and O–H groups in total. The molecule has 1 amide bonds. The van der Waals surface area contributed by atoms with Gasteiger partial charge in [-0.1, -0.05) is 58.6 Å². The molecule has 0 aromatic heterocycles. The number of amides is 1. The van der Waals surface area contributed by atoms with Crippen molar-refractivity contribution in [3.63, 3.8) is 0 Å². The molecular formula is C21H33NO3. The van der Waals surface area contributed by atoms with Crippen LogP contribution in [0.1, 0.15) is 82.9 Å². The number of likely N-dealkylation sites (tertiary alicyclic amines) is 1. The first-order chi connectivity index (χ1) is 11.9. The number of hydrogen-bond acceptors (Lipinski definition) is 3. The zero-order chi connectivity index (χ0) is 18.4. The highest BCUT2D eigenvalue weighted by Crippen LogP contribution is 2.38. The Bertz CT molecular complexity index is 570. The van der Waals surface area contributed by atoms with Gasteiger partial charge in [-0.3, -0.25) is 4.79 Å². The van der Waals surface area contributed by atoms with Gasteiger partial charge >= 0.3 is 0 Å². The van der Waals surface area contributed by atoms with Gasteiger partial charge in [0.1, 0.15) is 5.75 Å². The molecule has 1 saturated heterocycles. The average molecular weight is 347 g/mol. The fourth-order valence-electron chi connectivity index (χ4n) is 3.78. The molecule has 0 spiro atoms. The molecule has 25 heavy (non-hydrogen) atoms. The first-order valence-corrected chi connectivity index (χ1v) is 9.61. The first-order valence-electron chi connectivity index (χ1n) is 9.61. The molecule has 0 radical (unpaired) electrons. The van der Waals surface area contributed by atoms with Crippen molar-refractivity contribution >= 4 is 6.41 Å². The zero-order valence-corrected chi connectivity index (χ0v) is 15.9. The molecule has 140 valence electrons. The molecular weight excluding hydrogens is 314 g/mol. The molecule has 1 aromatic carbocycles. The molecule has 0 unspecified atom stereocenters. The van der Waals surface area contributed by atoms with Crippen LogP contribution in [0.3, 0.4) is 0 Å². The number of aromatic hydroxyl groups is 1. The summed E-state index contributed by atoms with van der Waals surface area (Å²) in [4.78, 5) is 13.0. The maximum atomic E-state index is 11.3. The lowest BCUT2D eigenvalue weighted by Gasteiger charge is -2.36. The number of aliphatic hydroxyl groups is 1. The van der Waals surface area contributed by atoms with Gasteiger partial charge in [-0.05, 0) is 36.3 Å². The minimum Gasteiger partial charge on any atom is -0.508 e. The second-order valence-electron chi connectivity index (χ2n) is 8.01. The van der Waals surface area contributed by atoms with E-state index in [0.29, 0.717) is 19.4 Å². The molecule has 2 atom stereocenters. The fraction of sp³-hybridized carbons (Fsp3) is 0.667. The number of phenols is 1. The first kappa shape index (κ1) is 19.8. The number of benzene rings is 1. The van der Waals surface area contributed by atoms with E-state index < -0.39 is 6.10 Å². The molecule has 1 aliphatic rings. The molecule has 0 bridgehead atoms. The Balaban J connectivity index is 2.15. The third-order valence-corrected chi connectivity index (χ3v) is 5.58. The summed E-state index contributed by atoms with van der Waals surface area (Å²) >= 11 is 0. The molecule has 1 fully saturated rings. The van der Waals surface area contributed by atoms with Gasteiger partial charge in [0.15, 0.2) is 0 Å². The summed E-state index contributed by atoms with van der Waals surface area (Å²) in [6.45, 7) is 7.18. The van der Waals surface area contributed by atoms with Crippen molar-refractivity contribution in [3.8, 4) is 5.75 Å². The van der Waals surface area contributed by atoms with Crippen LogP contribution >= 0.6 is 0 Å². The van der Waals surface area contributed by atoms with E-state index in [0.717, 1.165) is 24.0 Å². The summed E-state index contributed by atoms with van der Waals surface area (Å²) < 4.78 is 0. The zero-order valence-electron chi connectivity index (χ0n) is 15.9. The molecule has 4 heteroatoms. The van der Waals surface area contributed by atoms with E-state index in [1.165, 1.54) is 25.7 Å². The largest absolute Gasteiger partial charge is 0.508 e. The van der Waals surface area contributed by atoms with E-state index >= 15 is 0 Å². The van der Waals surface area contributed by atoms with Gasteiger partial charge in [-0.25, -0.2) is 0 Å². The maximum Gasteiger partial charge on any atom is 0.210 e. The number of carbonyl (C=O) groups is 1. The van der Waals surface area contributed by atoms with E-state index in [4.69, 9.17) is 0 Å². The van der Waals surface area contributed by atoms with Crippen molar-refractivity contribution in [3.05, 3.63) is 29.3 Å². The van der Waals surface area contributed by atoms with E-state index in [-0.39, 0.29) is 17.2 Å². The Kier molecular flexibility index (Phi) is 6.88. The second kappa shape index (κ2) is 8.70. The van der Waals surface area contributed by atoms with Crippen molar-refractivity contribution in [2.45, 2.75) is 83.3 Å². The Morgan fingerprint density at radius 1 is 1.28 bits per heavy atom. The van der Waals surface area contributed by atoms with Crippen LogP contribution in [0.4, 0.5) is 0 Å². The monoisotopic (exact) mass is 347 g/mol. The van der Waals surface area contributed by atoms with Gasteiger partial charge in [0.2, 0.25) is 6.41 Å². The standard InChI is InChI=1S/C21H33NO3/c1-4-5-6-7-11-21(2,3)16-8-9-18(20(25)13-16)19-14-17(24)10-12-22(19)15-23/h8-9,13,15,17,19,24-25H,4-7,10-12,14H2,1-3H3/t17-,19+/m1/s1. The maximum absolute atomic E-state index is 11.3. The van der Waals surface area contributed by atoms with Gasteiger partial charge in [-0.2, -0.15) is 0 Å². The third-order valence-electron chi connectivity index (χ3n) is 5.58. The molecule has 1 aliphatic heterocycles. The highest BCUT2D eigenvalue weighted by atomic mass is 16.3. The molecule has 0 aliphatic carbocycles. The summed E-state index contributed by atoms with van der Waals surface area (Å²) in [5.41, 5.74) is 1.87. The highest BCUT2D eigenvalue weighted by Gasteiger charge is 2.30. The van der Waals surface area contributed by atoms with E-state index in [1.54, 1.807) is 4.90 Å². The quantitative estimate of drug-likeness (QED) is 0.544. The van der Waals surface area contributed by atoms with Gasteiger partial charge in [0.05, 0.1) is 12.1 Å². The van der Waals surface area contributed by atoms with Crippen molar-refractivity contribution < 1.29 is 15.0 Å². The minimum atomic E-state index is -0.421. The number of phenolic OH excluding ortho intramolecular Hbond substituents is 1. The van der Waals surface area contributed by atoms with Crippen LogP contribution in [-0.2, 0) is 10.2 Å². The topological polar surface area (TPSA) is 60.8 Å². The summed E-state index contributed by atoms with van der Waals surface area (Å²) in [5, 5.41) is 20.5. The Hall–Kier alpha value is -1.55. The van der Waals surface area contributed by atoms with Crippen LogP contribution in [0.5, 0.6) is 5.75 Å². The van der Waals surface area contributed by atoms with Gasteiger partial charge in [0, 0.05) is 12.1 Å². The average Bonchev–Trinajstić information content (AvgIpc) is 2.58. The predicted octanol–water partition coefficient (Wildman–Crippen LogP) is 4.29. The normalized spacial score (nSPS) is 21.4. The van der Waals surface area contributed by atoms with Crippen LogP contribution in [0.25, 0.3) is 0 Å². The number of unbranched alkanes of at least 4 members (excludes halogenated alkanes) is 3. The van der Waals surface area contributed by atoms with Crippen molar-refractivity contribution in [2.24, 2.45) is 0 Å². The van der Waals surface area contributed by atoms with E-state index in [2.05, 4.69) is 26.8 Å². The third kappa shape index (κ3) is 4.97. The summed E-state index contributed by atoms with van der Waals surface area (Å²) in [7, 11) is 0. The van der Waals surface area contributed by atoms with Crippen molar-refractivity contribution in [2.75, 3.05) is 6.54 Å². The van der Waals surface area contributed by atoms with Crippen LogP contribution in [0, 0.1) is 0 Å². The lowest BCUT2D eigenvalue weighted by atomic mass is 9.79. The number of aliphatic hydroxyl groups excluding tert-OH is 1. The van der Waals surface area contributed by atoms with Gasteiger partial charge in [-0.15, -0.1) is 0 Å². The molecule has 4 nitrogen and oxygen atoms in total. The Labute approximate surface area is 151 Å². The second-order valence-corrected chi connectivity index (χ2v) is 8.01. The van der Waals surface area contributed by atoms with E-state index in [1.807, 2.05) is 12.1 Å². The summed E-state index contributed by atoms with van der Waals surface area (Å²) in [6.07, 6.45) is 7.51. The van der Waals surface area contributed by atoms with Crippen LogP contribution in [-0.4, -0.2) is 34.2 Å². The lowest BCUT2D eigenvalue weighted by molar-refractivity contribution is -0.123. The Morgan fingerprint density at radius 3 is 2.68 bits per heavy atom. The molecule has 1 heterocycles.